The number of aromatic nitrogens is 4. The molecule has 2 aromatic heterocycles. The van der Waals surface area contributed by atoms with Crippen LogP contribution in [0.5, 0.6) is 5.75 Å². The first-order valence-corrected chi connectivity index (χ1v) is 11.4. The molecule has 4 aromatic rings. The fourth-order valence-electron chi connectivity index (χ4n) is 4.21. The minimum absolute atomic E-state index is 0.0516. The summed E-state index contributed by atoms with van der Waals surface area (Å²) in [5.74, 6) is 1.97. The quantitative estimate of drug-likeness (QED) is 0.423. The summed E-state index contributed by atoms with van der Waals surface area (Å²) in [4.78, 5) is 19.4. The molecule has 1 aliphatic rings. The first-order chi connectivity index (χ1) is 16.1. The van der Waals surface area contributed by atoms with Crippen LogP contribution in [-0.2, 0) is 13.5 Å². The van der Waals surface area contributed by atoms with Gasteiger partial charge in [0.15, 0.2) is 5.69 Å². The van der Waals surface area contributed by atoms with Gasteiger partial charge in [-0.1, -0.05) is 36.7 Å². The molecule has 0 radical (unpaired) electrons. The smallest absolute Gasteiger partial charge is 0.275 e. The Labute approximate surface area is 192 Å². The van der Waals surface area contributed by atoms with Crippen molar-refractivity contribution in [3.8, 4) is 17.1 Å². The van der Waals surface area contributed by atoms with E-state index in [0.717, 1.165) is 47.9 Å². The number of rotatable bonds is 7. The van der Waals surface area contributed by atoms with Crippen molar-refractivity contribution in [2.75, 3.05) is 13.1 Å². The molecule has 0 bridgehead atoms. The summed E-state index contributed by atoms with van der Waals surface area (Å²) < 4.78 is 13.2. The van der Waals surface area contributed by atoms with Gasteiger partial charge in [0.05, 0.1) is 12.1 Å². The summed E-state index contributed by atoms with van der Waals surface area (Å²) in [6.07, 6.45) is 3.65. The van der Waals surface area contributed by atoms with E-state index in [4.69, 9.17) is 9.26 Å². The topological polar surface area (TPSA) is 86.3 Å². The molecule has 1 fully saturated rings. The number of benzene rings is 2. The molecule has 0 unspecified atom stereocenters. The zero-order chi connectivity index (χ0) is 22.8. The van der Waals surface area contributed by atoms with Gasteiger partial charge in [0, 0.05) is 37.4 Å². The Bertz CT molecular complexity index is 1260. The lowest BCUT2D eigenvalue weighted by molar-refractivity contribution is 0.0767. The Kier molecular flexibility index (Phi) is 5.81. The molecule has 0 saturated carbocycles. The maximum Gasteiger partial charge on any atom is 0.275 e. The van der Waals surface area contributed by atoms with Crippen molar-refractivity contribution >= 4 is 16.8 Å². The summed E-state index contributed by atoms with van der Waals surface area (Å²) in [6, 6.07) is 15.5. The van der Waals surface area contributed by atoms with Gasteiger partial charge in [-0.05, 0) is 36.8 Å². The van der Waals surface area contributed by atoms with Crippen molar-refractivity contribution in [2.45, 2.75) is 38.7 Å². The van der Waals surface area contributed by atoms with Crippen LogP contribution in [0.4, 0.5) is 0 Å². The molecule has 1 amide bonds. The van der Waals surface area contributed by atoms with E-state index in [-0.39, 0.29) is 12.0 Å². The lowest BCUT2D eigenvalue weighted by Gasteiger charge is -2.16. The van der Waals surface area contributed by atoms with Crippen LogP contribution >= 0.6 is 0 Å². The average Bonchev–Trinajstić information content (AvgIpc) is 3.58. The predicted molar refractivity (Wildman–Crippen MR) is 124 cm³/mol. The van der Waals surface area contributed by atoms with E-state index in [9.17, 15) is 4.79 Å². The number of fused-ring (bicyclic) bond motifs is 1. The zero-order valence-electron chi connectivity index (χ0n) is 18.9. The highest BCUT2D eigenvalue weighted by atomic mass is 16.5. The van der Waals surface area contributed by atoms with Gasteiger partial charge in [-0.15, -0.1) is 0 Å². The minimum Gasteiger partial charge on any atom is -0.489 e. The molecular formula is C25H27N5O3. The average molecular weight is 446 g/mol. The molecule has 170 valence electrons. The summed E-state index contributed by atoms with van der Waals surface area (Å²) in [5, 5.41) is 9.42. The third kappa shape index (κ3) is 4.33. The third-order valence-electron chi connectivity index (χ3n) is 6.02. The van der Waals surface area contributed by atoms with Crippen molar-refractivity contribution < 1.29 is 14.1 Å². The number of aryl methyl sites for hydroxylation is 2. The number of para-hydroxylation sites is 1. The van der Waals surface area contributed by atoms with Crippen LogP contribution in [0, 0.1) is 0 Å². The molecule has 1 saturated heterocycles. The lowest BCUT2D eigenvalue weighted by Crippen LogP contribution is -2.31. The Morgan fingerprint density at radius 1 is 1.18 bits per heavy atom. The van der Waals surface area contributed by atoms with Crippen LogP contribution in [0.15, 0.2) is 53.1 Å². The largest absolute Gasteiger partial charge is 0.489 e. The summed E-state index contributed by atoms with van der Waals surface area (Å²) in [7, 11) is 1.86. The molecule has 0 aliphatic carbocycles. The summed E-state index contributed by atoms with van der Waals surface area (Å²) in [6.45, 7) is 3.32. The zero-order valence-corrected chi connectivity index (χ0v) is 18.9. The number of ether oxygens (including phenoxy) is 1. The van der Waals surface area contributed by atoms with E-state index in [1.807, 2.05) is 60.5 Å². The summed E-state index contributed by atoms with van der Waals surface area (Å²) in [5.41, 5.74) is 2.34. The van der Waals surface area contributed by atoms with Crippen LogP contribution in [0.2, 0.25) is 0 Å². The highest BCUT2D eigenvalue weighted by Gasteiger charge is 2.30. The van der Waals surface area contributed by atoms with Crippen LogP contribution < -0.4 is 4.74 Å². The van der Waals surface area contributed by atoms with Crippen LogP contribution in [0.1, 0.15) is 42.6 Å². The molecule has 1 aliphatic heterocycles. The molecule has 0 spiro atoms. The first kappa shape index (κ1) is 21.2. The monoisotopic (exact) mass is 445 g/mol. The Morgan fingerprint density at radius 3 is 2.82 bits per heavy atom. The van der Waals surface area contributed by atoms with E-state index in [1.54, 1.807) is 4.68 Å². The fourth-order valence-corrected chi connectivity index (χ4v) is 4.21. The maximum atomic E-state index is 13.1. The van der Waals surface area contributed by atoms with Crippen molar-refractivity contribution in [1.29, 1.82) is 0 Å². The molecule has 5 rings (SSSR count). The van der Waals surface area contributed by atoms with Crippen molar-refractivity contribution in [2.24, 2.45) is 7.05 Å². The number of amides is 1. The Balaban J connectivity index is 1.21. The SMILES string of the molecule is CCCCc1nc(-c2ccc(O[C@H]3CCN(C(=O)c4nn(C)c5ccccc45)C3)cc2)no1. The predicted octanol–water partition coefficient (Wildman–Crippen LogP) is 4.26. The van der Waals surface area contributed by atoms with E-state index in [2.05, 4.69) is 22.2 Å². The second kappa shape index (κ2) is 9.05. The molecular weight excluding hydrogens is 418 g/mol. The highest BCUT2D eigenvalue weighted by molar-refractivity contribution is 6.04. The molecule has 33 heavy (non-hydrogen) atoms. The highest BCUT2D eigenvalue weighted by Crippen LogP contribution is 2.25. The molecule has 0 N–H and O–H groups in total. The van der Waals surface area contributed by atoms with Gasteiger partial charge in [0.25, 0.3) is 5.91 Å². The number of hydrogen-bond donors (Lipinski definition) is 0. The second-order valence-corrected chi connectivity index (χ2v) is 8.41. The van der Waals surface area contributed by atoms with Gasteiger partial charge in [-0.2, -0.15) is 10.1 Å². The van der Waals surface area contributed by atoms with Crippen LogP contribution in [0.25, 0.3) is 22.3 Å². The van der Waals surface area contributed by atoms with E-state index in [1.165, 1.54) is 0 Å². The van der Waals surface area contributed by atoms with E-state index >= 15 is 0 Å². The standard InChI is InChI=1S/C25H27N5O3/c1-3-4-9-22-26-24(28-33-22)17-10-12-18(13-11-17)32-19-14-15-30(16-19)25(31)23-20-7-5-6-8-21(20)29(2)27-23/h5-8,10-13,19H,3-4,9,14-16H2,1-2H3/t19-/m0/s1. The van der Waals surface area contributed by atoms with Gasteiger partial charge in [0.2, 0.25) is 11.7 Å². The van der Waals surface area contributed by atoms with Crippen molar-refractivity contribution in [3.63, 3.8) is 0 Å². The number of carbonyl (C=O) groups excluding carboxylic acids is 1. The summed E-state index contributed by atoms with van der Waals surface area (Å²) >= 11 is 0. The van der Waals surface area contributed by atoms with Crippen molar-refractivity contribution in [1.82, 2.24) is 24.8 Å². The van der Waals surface area contributed by atoms with Gasteiger partial charge < -0.3 is 14.2 Å². The minimum atomic E-state index is -0.0550. The van der Waals surface area contributed by atoms with E-state index < -0.39 is 0 Å². The lowest BCUT2D eigenvalue weighted by atomic mass is 10.2. The maximum absolute atomic E-state index is 13.1. The molecule has 8 nitrogen and oxygen atoms in total. The van der Waals surface area contributed by atoms with Crippen molar-refractivity contribution in [3.05, 3.63) is 60.1 Å². The fraction of sp³-hybridized carbons (Fsp3) is 0.360. The Morgan fingerprint density at radius 2 is 2.00 bits per heavy atom. The Hall–Kier alpha value is -3.68. The van der Waals surface area contributed by atoms with Gasteiger partial charge in [0.1, 0.15) is 11.9 Å². The number of unbranched alkanes of at least 4 members (excludes halogenated alkanes) is 1. The number of nitrogens with zero attached hydrogens (tertiary/aromatic N) is 5. The van der Waals surface area contributed by atoms with Crippen LogP contribution in [0.3, 0.4) is 0 Å². The normalized spacial score (nSPS) is 15.9. The van der Waals surface area contributed by atoms with E-state index in [0.29, 0.717) is 30.5 Å². The van der Waals surface area contributed by atoms with Gasteiger partial charge >= 0.3 is 0 Å². The molecule has 2 aromatic carbocycles. The molecule has 3 heterocycles. The number of hydrogen-bond acceptors (Lipinski definition) is 6. The number of likely N-dealkylation sites (tertiary alicyclic amines) is 1. The van der Waals surface area contributed by atoms with Crippen LogP contribution in [-0.4, -0.2) is 49.9 Å². The third-order valence-corrected chi connectivity index (χ3v) is 6.02. The molecule has 8 heteroatoms. The van der Waals surface area contributed by atoms with Gasteiger partial charge in [-0.3, -0.25) is 9.48 Å². The van der Waals surface area contributed by atoms with Gasteiger partial charge in [-0.25, -0.2) is 0 Å². The molecule has 1 atom stereocenters. The second-order valence-electron chi connectivity index (χ2n) is 8.41. The first-order valence-electron chi connectivity index (χ1n) is 11.4. The number of carbonyl (C=O) groups is 1.